The van der Waals surface area contributed by atoms with Gasteiger partial charge in [-0.05, 0) is 6.42 Å². The van der Waals surface area contributed by atoms with E-state index >= 15 is 0 Å². The van der Waals surface area contributed by atoms with Gasteiger partial charge in [-0.1, -0.05) is 6.92 Å². The Morgan fingerprint density at radius 1 is 1.45 bits per heavy atom. The number of nitrogens with one attached hydrogen (secondary N) is 2. The lowest BCUT2D eigenvalue weighted by atomic mass is 10.3. The molecule has 0 atom stereocenters. The lowest BCUT2D eigenvalue weighted by Crippen LogP contribution is -2.34. The zero-order valence-corrected chi connectivity index (χ0v) is 6.64. The second-order valence-corrected chi connectivity index (χ2v) is 1.91. The van der Waals surface area contributed by atoms with Crippen molar-refractivity contribution in [2.75, 3.05) is 7.05 Å². The molecule has 0 heterocycles. The van der Waals surface area contributed by atoms with Gasteiger partial charge in [-0.2, -0.15) is 5.48 Å². The minimum atomic E-state index is -0.533. The molecule has 2 amide bonds. The molecule has 0 aliphatic heterocycles. The van der Waals surface area contributed by atoms with Crippen molar-refractivity contribution in [3.63, 3.8) is 0 Å². The van der Waals surface area contributed by atoms with Gasteiger partial charge in [0.1, 0.15) is 0 Å². The molecule has 0 radical (unpaired) electrons. The minimum absolute atomic E-state index is 0.310. The summed E-state index contributed by atoms with van der Waals surface area (Å²) in [6.45, 7) is 1.85. The van der Waals surface area contributed by atoms with Crippen molar-refractivity contribution < 1.29 is 14.4 Å². The Morgan fingerprint density at radius 3 is 2.55 bits per heavy atom. The molecule has 2 N–H and O–H groups in total. The molecule has 0 aliphatic rings. The third-order valence-electron chi connectivity index (χ3n) is 0.939. The van der Waals surface area contributed by atoms with Gasteiger partial charge in [-0.3, -0.25) is 0 Å². The molecule has 0 saturated heterocycles. The average molecular weight is 160 g/mol. The van der Waals surface area contributed by atoms with Crippen LogP contribution in [0, 0.1) is 0 Å². The molecule has 0 rings (SSSR count). The van der Waals surface area contributed by atoms with E-state index in [0.29, 0.717) is 12.8 Å². The predicted molar refractivity (Wildman–Crippen MR) is 38.6 cm³/mol. The van der Waals surface area contributed by atoms with Gasteiger partial charge in [0, 0.05) is 13.5 Å². The van der Waals surface area contributed by atoms with Crippen molar-refractivity contribution >= 4 is 12.0 Å². The second-order valence-electron chi connectivity index (χ2n) is 1.91. The van der Waals surface area contributed by atoms with E-state index in [1.807, 2.05) is 12.4 Å². The van der Waals surface area contributed by atoms with E-state index in [1.54, 1.807) is 0 Å². The van der Waals surface area contributed by atoms with Gasteiger partial charge in [-0.25, -0.2) is 9.59 Å². The molecule has 0 spiro atoms. The largest absolute Gasteiger partial charge is 0.347 e. The second kappa shape index (κ2) is 5.52. The Labute approximate surface area is 65.1 Å². The van der Waals surface area contributed by atoms with Gasteiger partial charge in [-0.15, -0.1) is 0 Å². The van der Waals surface area contributed by atoms with Crippen LogP contribution in [-0.4, -0.2) is 19.0 Å². The molecule has 5 heteroatoms. The van der Waals surface area contributed by atoms with Gasteiger partial charge >= 0.3 is 12.0 Å². The van der Waals surface area contributed by atoms with E-state index in [2.05, 4.69) is 10.2 Å². The van der Waals surface area contributed by atoms with Crippen molar-refractivity contribution in [1.29, 1.82) is 0 Å². The third-order valence-corrected chi connectivity index (χ3v) is 0.939. The SMILES string of the molecule is CCCC(=O)ONC(=O)NC. The minimum Gasteiger partial charge on any atom is -0.339 e. The highest BCUT2D eigenvalue weighted by Crippen LogP contribution is 1.87. The number of carbonyl (C=O) groups excluding carboxylic acids is 2. The smallest absolute Gasteiger partial charge is 0.339 e. The number of urea groups is 1. The molecule has 0 bridgehead atoms. The fourth-order valence-electron chi connectivity index (χ4n) is 0.409. The van der Waals surface area contributed by atoms with Gasteiger partial charge in [0.2, 0.25) is 0 Å². The first-order valence-electron chi connectivity index (χ1n) is 3.38. The first-order chi connectivity index (χ1) is 5.20. The summed E-state index contributed by atoms with van der Waals surface area (Å²) in [6, 6.07) is -0.533. The van der Waals surface area contributed by atoms with E-state index in [4.69, 9.17) is 0 Å². The van der Waals surface area contributed by atoms with Crippen molar-refractivity contribution in [2.24, 2.45) is 0 Å². The molecule has 5 nitrogen and oxygen atoms in total. The lowest BCUT2D eigenvalue weighted by Gasteiger charge is -2.02. The number of hydrogen-bond donors (Lipinski definition) is 2. The van der Waals surface area contributed by atoms with Crippen LogP contribution in [0.3, 0.4) is 0 Å². The highest BCUT2D eigenvalue weighted by Gasteiger charge is 2.02. The molecule has 0 unspecified atom stereocenters. The van der Waals surface area contributed by atoms with Crippen LogP contribution in [0.4, 0.5) is 4.79 Å². The van der Waals surface area contributed by atoms with Crippen LogP contribution in [0.25, 0.3) is 0 Å². The molecule has 0 aromatic heterocycles. The molecular formula is C6H12N2O3. The Bertz CT molecular complexity index is 147. The normalized spacial score (nSPS) is 8.55. The number of carbonyl (C=O) groups is 2. The molecular weight excluding hydrogens is 148 g/mol. The highest BCUT2D eigenvalue weighted by atomic mass is 16.7. The summed E-state index contributed by atoms with van der Waals surface area (Å²) >= 11 is 0. The van der Waals surface area contributed by atoms with E-state index in [-0.39, 0.29) is 0 Å². The molecule has 0 saturated carbocycles. The van der Waals surface area contributed by atoms with Gasteiger partial charge in [0.25, 0.3) is 0 Å². The maximum Gasteiger partial charge on any atom is 0.347 e. The topological polar surface area (TPSA) is 67.4 Å². The van der Waals surface area contributed by atoms with Crippen LogP contribution in [-0.2, 0) is 9.63 Å². The van der Waals surface area contributed by atoms with Crippen LogP contribution >= 0.6 is 0 Å². The summed E-state index contributed by atoms with van der Waals surface area (Å²) in [4.78, 5) is 25.4. The molecule has 64 valence electrons. The Hall–Kier alpha value is -1.26. The van der Waals surface area contributed by atoms with E-state index in [1.165, 1.54) is 7.05 Å². The standard InChI is InChI=1S/C6H12N2O3/c1-3-4-5(9)11-8-6(10)7-2/h3-4H2,1-2H3,(H2,7,8,10). The highest BCUT2D eigenvalue weighted by molar-refractivity contribution is 5.76. The van der Waals surface area contributed by atoms with Gasteiger partial charge in [0.05, 0.1) is 0 Å². The monoisotopic (exact) mass is 160 g/mol. The first kappa shape index (κ1) is 9.74. The van der Waals surface area contributed by atoms with Crippen LogP contribution in [0.5, 0.6) is 0 Å². The lowest BCUT2D eigenvalue weighted by molar-refractivity contribution is -0.148. The summed E-state index contributed by atoms with van der Waals surface area (Å²) in [5.41, 5.74) is 1.92. The van der Waals surface area contributed by atoms with Gasteiger partial charge in [0.15, 0.2) is 0 Å². The number of amides is 2. The zero-order valence-electron chi connectivity index (χ0n) is 6.64. The molecule has 0 aromatic carbocycles. The Morgan fingerprint density at radius 2 is 2.09 bits per heavy atom. The van der Waals surface area contributed by atoms with Crippen molar-refractivity contribution in [3.8, 4) is 0 Å². The van der Waals surface area contributed by atoms with Crippen LogP contribution in [0.1, 0.15) is 19.8 Å². The average Bonchev–Trinajstić information content (AvgIpc) is 2.01. The van der Waals surface area contributed by atoms with E-state index in [0.717, 1.165) is 0 Å². The fourth-order valence-corrected chi connectivity index (χ4v) is 0.409. The Balaban J connectivity index is 3.38. The van der Waals surface area contributed by atoms with E-state index < -0.39 is 12.0 Å². The van der Waals surface area contributed by atoms with Crippen LogP contribution in [0.2, 0.25) is 0 Å². The summed E-state index contributed by atoms with van der Waals surface area (Å²) in [7, 11) is 1.43. The quantitative estimate of drug-likeness (QED) is 0.566. The van der Waals surface area contributed by atoms with Crippen LogP contribution in [0.15, 0.2) is 0 Å². The summed E-state index contributed by atoms with van der Waals surface area (Å²) < 4.78 is 0. The summed E-state index contributed by atoms with van der Waals surface area (Å²) in [5.74, 6) is -0.434. The third kappa shape index (κ3) is 5.20. The first-order valence-corrected chi connectivity index (χ1v) is 3.38. The zero-order chi connectivity index (χ0) is 8.69. The van der Waals surface area contributed by atoms with Crippen molar-refractivity contribution in [1.82, 2.24) is 10.8 Å². The van der Waals surface area contributed by atoms with Crippen LogP contribution < -0.4 is 10.8 Å². The maximum absolute atomic E-state index is 10.6. The predicted octanol–water partition coefficient (Wildman–Crippen LogP) is 0.174. The van der Waals surface area contributed by atoms with Crippen molar-refractivity contribution in [3.05, 3.63) is 0 Å². The van der Waals surface area contributed by atoms with E-state index in [9.17, 15) is 9.59 Å². The van der Waals surface area contributed by atoms with Gasteiger partial charge < -0.3 is 10.2 Å². The molecule has 0 fully saturated rings. The number of hydroxylamine groups is 1. The molecule has 11 heavy (non-hydrogen) atoms. The Kier molecular flexibility index (Phi) is 4.89. The van der Waals surface area contributed by atoms with Crippen molar-refractivity contribution in [2.45, 2.75) is 19.8 Å². The molecule has 0 aromatic rings. The number of hydrogen-bond acceptors (Lipinski definition) is 3. The fraction of sp³-hybridized carbons (Fsp3) is 0.667. The summed E-state index contributed by atoms with van der Waals surface area (Å²) in [6.07, 6.45) is 1.01. The number of rotatable bonds is 2. The molecule has 0 aliphatic carbocycles. The maximum atomic E-state index is 10.6. The summed E-state index contributed by atoms with van der Waals surface area (Å²) in [5, 5.41) is 2.24.